The van der Waals surface area contributed by atoms with Gasteiger partial charge in [0.25, 0.3) is 5.91 Å². The van der Waals surface area contributed by atoms with Crippen molar-refractivity contribution >= 4 is 22.6 Å². The van der Waals surface area contributed by atoms with Crippen LogP contribution in [-0.4, -0.2) is 53.2 Å². The number of aryl methyl sites for hydroxylation is 1. The SMILES string of the molecule is Cc1c(C2CCCN(C(=O)c3cnnc(N(C)C)c3)C2)[nH]c2ccccc12. The Kier molecular flexibility index (Phi) is 4.56. The predicted molar refractivity (Wildman–Crippen MR) is 107 cm³/mol. The summed E-state index contributed by atoms with van der Waals surface area (Å²) in [5.41, 5.74) is 4.33. The number of anilines is 1. The lowest BCUT2D eigenvalue weighted by atomic mass is 9.92. The van der Waals surface area contributed by atoms with Crippen LogP contribution in [0.25, 0.3) is 10.9 Å². The van der Waals surface area contributed by atoms with Gasteiger partial charge in [-0.25, -0.2) is 0 Å². The third kappa shape index (κ3) is 3.27. The van der Waals surface area contributed by atoms with E-state index in [1.165, 1.54) is 22.2 Å². The summed E-state index contributed by atoms with van der Waals surface area (Å²) in [7, 11) is 3.79. The van der Waals surface area contributed by atoms with Crippen molar-refractivity contribution in [2.75, 3.05) is 32.1 Å². The topological polar surface area (TPSA) is 65.1 Å². The average Bonchev–Trinajstić information content (AvgIpc) is 3.04. The summed E-state index contributed by atoms with van der Waals surface area (Å²) in [5, 5.41) is 9.33. The Morgan fingerprint density at radius 2 is 2.11 bits per heavy atom. The number of aromatic nitrogens is 3. The molecule has 1 atom stereocenters. The van der Waals surface area contributed by atoms with Gasteiger partial charge in [0.2, 0.25) is 0 Å². The Bertz CT molecular complexity index is 978. The molecule has 1 aliphatic rings. The first-order valence-electron chi connectivity index (χ1n) is 9.41. The quantitative estimate of drug-likeness (QED) is 0.775. The highest BCUT2D eigenvalue weighted by Gasteiger charge is 2.28. The second-order valence-corrected chi connectivity index (χ2v) is 7.50. The molecule has 27 heavy (non-hydrogen) atoms. The summed E-state index contributed by atoms with van der Waals surface area (Å²) in [5.74, 6) is 1.06. The van der Waals surface area contributed by atoms with Gasteiger partial charge in [-0.1, -0.05) is 18.2 Å². The summed E-state index contributed by atoms with van der Waals surface area (Å²) in [6.07, 6.45) is 3.66. The fourth-order valence-corrected chi connectivity index (χ4v) is 3.98. The number of piperidine rings is 1. The maximum atomic E-state index is 13.0. The van der Waals surface area contributed by atoms with E-state index in [0.29, 0.717) is 17.3 Å². The van der Waals surface area contributed by atoms with Crippen molar-refractivity contribution in [2.45, 2.75) is 25.7 Å². The van der Waals surface area contributed by atoms with Crippen LogP contribution in [-0.2, 0) is 0 Å². The van der Waals surface area contributed by atoms with Crippen molar-refractivity contribution in [1.82, 2.24) is 20.1 Å². The minimum atomic E-state index is 0.0338. The number of likely N-dealkylation sites (tertiary alicyclic amines) is 1. The number of rotatable bonds is 3. The number of hydrogen-bond donors (Lipinski definition) is 1. The molecular formula is C21H25N5O. The molecule has 3 heterocycles. The van der Waals surface area contributed by atoms with Crippen molar-refractivity contribution < 1.29 is 4.79 Å². The fourth-order valence-electron chi connectivity index (χ4n) is 3.98. The number of carbonyl (C=O) groups is 1. The zero-order chi connectivity index (χ0) is 19.0. The first kappa shape index (κ1) is 17.5. The first-order chi connectivity index (χ1) is 13.0. The van der Waals surface area contributed by atoms with Crippen molar-refractivity contribution in [3.05, 3.63) is 53.3 Å². The van der Waals surface area contributed by atoms with Crippen LogP contribution in [0.2, 0.25) is 0 Å². The minimum Gasteiger partial charge on any atom is -0.361 e. The van der Waals surface area contributed by atoms with Crippen LogP contribution in [0.4, 0.5) is 5.82 Å². The third-order valence-electron chi connectivity index (χ3n) is 5.47. The van der Waals surface area contributed by atoms with Crippen LogP contribution in [0.15, 0.2) is 36.5 Å². The van der Waals surface area contributed by atoms with Gasteiger partial charge in [-0.3, -0.25) is 4.79 Å². The van der Waals surface area contributed by atoms with Gasteiger partial charge in [-0.15, -0.1) is 5.10 Å². The van der Waals surface area contributed by atoms with Crippen molar-refractivity contribution in [1.29, 1.82) is 0 Å². The molecule has 1 saturated heterocycles. The number of carbonyl (C=O) groups excluding carboxylic acids is 1. The number of aromatic amines is 1. The molecule has 2 aromatic heterocycles. The van der Waals surface area contributed by atoms with E-state index in [9.17, 15) is 4.79 Å². The van der Waals surface area contributed by atoms with Crippen LogP contribution < -0.4 is 4.90 Å². The zero-order valence-corrected chi connectivity index (χ0v) is 16.1. The summed E-state index contributed by atoms with van der Waals surface area (Å²) in [4.78, 5) is 20.4. The molecule has 1 amide bonds. The standard InChI is InChI=1S/C21H25N5O/c1-14-17-8-4-5-9-18(17)23-20(14)15-7-6-10-26(13-15)21(27)16-11-19(25(2)3)24-22-12-16/h4-5,8-9,11-12,15,23H,6-7,10,13H2,1-3H3. The van der Waals surface area contributed by atoms with Gasteiger partial charge in [0, 0.05) is 49.7 Å². The number of benzene rings is 1. The van der Waals surface area contributed by atoms with E-state index in [2.05, 4.69) is 46.4 Å². The minimum absolute atomic E-state index is 0.0338. The molecule has 6 nitrogen and oxygen atoms in total. The highest BCUT2D eigenvalue weighted by atomic mass is 16.2. The van der Waals surface area contributed by atoms with Gasteiger partial charge < -0.3 is 14.8 Å². The Balaban J connectivity index is 1.58. The average molecular weight is 363 g/mol. The van der Waals surface area contributed by atoms with Crippen molar-refractivity contribution in [3.63, 3.8) is 0 Å². The molecule has 0 saturated carbocycles. The van der Waals surface area contributed by atoms with Gasteiger partial charge in [-0.2, -0.15) is 5.10 Å². The van der Waals surface area contributed by atoms with Crippen LogP contribution in [0.5, 0.6) is 0 Å². The maximum Gasteiger partial charge on any atom is 0.255 e. The molecule has 140 valence electrons. The number of amides is 1. The van der Waals surface area contributed by atoms with Crippen LogP contribution in [0.3, 0.4) is 0 Å². The normalized spacial score (nSPS) is 17.3. The summed E-state index contributed by atoms with van der Waals surface area (Å²) < 4.78 is 0. The Hall–Kier alpha value is -2.89. The molecule has 1 aromatic carbocycles. The lowest BCUT2D eigenvalue weighted by molar-refractivity contribution is 0.0705. The largest absolute Gasteiger partial charge is 0.361 e. The highest BCUT2D eigenvalue weighted by Crippen LogP contribution is 2.33. The van der Waals surface area contributed by atoms with Crippen molar-refractivity contribution in [2.24, 2.45) is 0 Å². The van der Waals surface area contributed by atoms with Gasteiger partial charge in [0.05, 0.1) is 11.8 Å². The Morgan fingerprint density at radius 3 is 2.89 bits per heavy atom. The van der Waals surface area contributed by atoms with E-state index in [0.717, 1.165) is 25.9 Å². The van der Waals surface area contributed by atoms with Gasteiger partial charge >= 0.3 is 0 Å². The number of fused-ring (bicyclic) bond motifs is 1. The Morgan fingerprint density at radius 1 is 1.30 bits per heavy atom. The summed E-state index contributed by atoms with van der Waals surface area (Å²) in [6.45, 7) is 3.69. The van der Waals surface area contributed by atoms with E-state index < -0.39 is 0 Å². The predicted octanol–water partition coefficient (Wildman–Crippen LogP) is 3.35. The van der Waals surface area contributed by atoms with Crippen LogP contribution in [0, 0.1) is 6.92 Å². The molecule has 0 radical (unpaired) electrons. The molecule has 0 aliphatic carbocycles. The van der Waals surface area contributed by atoms with E-state index in [-0.39, 0.29) is 5.91 Å². The van der Waals surface area contributed by atoms with Crippen LogP contribution in [0.1, 0.15) is 40.4 Å². The zero-order valence-electron chi connectivity index (χ0n) is 16.1. The van der Waals surface area contributed by atoms with E-state index in [4.69, 9.17) is 0 Å². The second kappa shape index (κ2) is 7.02. The van der Waals surface area contributed by atoms with Gasteiger partial charge in [-0.05, 0) is 37.5 Å². The summed E-state index contributed by atoms with van der Waals surface area (Å²) >= 11 is 0. The molecule has 0 bridgehead atoms. The Labute approximate surface area is 159 Å². The number of hydrogen-bond acceptors (Lipinski definition) is 4. The molecule has 1 fully saturated rings. The van der Waals surface area contributed by atoms with E-state index in [1.54, 1.807) is 6.20 Å². The molecule has 1 unspecified atom stereocenters. The van der Waals surface area contributed by atoms with Crippen LogP contribution >= 0.6 is 0 Å². The lowest BCUT2D eigenvalue weighted by Gasteiger charge is -2.33. The second-order valence-electron chi connectivity index (χ2n) is 7.50. The number of nitrogens with one attached hydrogen (secondary N) is 1. The molecular weight excluding hydrogens is 338 g/mol. The smallest absolute Gasteiger partial charge is 0.255 e. The fraction of sp³-hybridized carbons (Fsp3) is 0.381. The molecule has 0 spiro atoms. The van der Waals surface area contributed by atoms with E-state index >= 15 is 0 Å². The number of para-hydroxylation sites is 1. The van der Waals surface area contributed by atoms with E-state index in [1.807, 2.05) is 30.0 Å². The van der Waals surface area contributed by atoms with Gasteiger partial charge in [0.1, 0.15) is 0 Å². The molecule has 1 N–H and O–H groups in total. The first-order valence-corrected chi connectivity index (χ1v) is 9.41. The summed E-state index contributed by atoms with van der Waals surface area (Å²) in [6, 6.07) is 10.2. The highest BCUT2D eigenvalue weighted by molar-refractivity contribution is 5.94. The lowest BCUT2D eigenvalue weighted by Crippen LogP contribution is -2.39. The third-order valence-corrected chi connectivity index (χ3v) is 5.47. The molecule has 1 aliphatic heterocycles. The van der Waals surface area contributed by atoms with Crippen molar-refractivity contribution in [3.8, 4) is 0 Å². The molecule has 6 heteroatoms. The number of nitrogens with zero attached hydrogens (tertiary/aromatic N) is 4. The number of H-pyrrole nitrogens is 1. The monoisotopic (exact) mass is 363 g/mol. The molecule has 3 aromatic rings. The maximum absolute atomic E-state index is 13.0. The van der Waals surface area contributed by atoms with Gasteiger partial charge in [0.15, 0.2) is 5.82 Å². The molecule has 4 rings (SSSR count).